The molecule has 4 nitrogen and oxygen atoms in total. The fourth-order valence-electron chi connectivity index (χ4n) is 3.14. The number of carbonyl (C=O) groups is 1. The first kappa shape index (κ1) is 15.8. The number of aliphatic hydroxyl groups is 1. The van der Waals surface area contributed by atoms with Crippen molar-refractivity contribution in [2.24, 2.45) is 0 Å². The van der Waals surface area contributed by atoms with Gasteiger partial charge in [-0.2, -0.15) is 0 Å². The van der Waals surface area contributed by atoms with Gasteiger partial charge in [-0.1, -0.05) is 48.6 Å². The predicted octanol–water partition coefficient (Wildman–Crippen LogP) is 3.92. The van der Waals surface area contributed by atoms with E-state index in [1.807, 2.05) is 48.6 Å². The van der Waals surface area contributed by atoms with Crippen molar-refractivity contribution >= 4 is 28.7 Å². The predicted molar refractivity (Wildman–Crippen MR) is 100 cm³/mol. The lowest BCUT2D eigenvalue weighted by Gasteiger charge is -2.28. The molecule has 2 unspecified atom stereocenters. The van der Waals surface area contributed by atoms with Crippen LogP contribution in [0.5, 0.6) is 5.75 Å². The van der Waals surface area contributed by atoms with Crippen molar-refractivity contribution in [1.29, 1.82) is 0 Å². The summed E-state index contributed by atoms with van der Waals surface area (Å²) in [6, 6.07) is 15.3. The molecule has 1 heterocycles. The summed E-state index contributed by atoms with van der Waals surface area (Å²) in [5, 5.41) is 13.4. The van der Waals surface area contributed by atoms with Crippen LogP contribution in [0.3, 0.4) is 0 Å². The molecule has 2 N–H and O–H groups in total. The second kappa shape index (κ2) is 6.33. The number of ether oxygens (including phenoxy) is 1. The average Bonchev–Trinajstić information content (AvgIpc) is 2.79. The average molecular weight is 351 g/mol. The first-order valence-corrected chi connectivity index (χ1v) is 8.87. The van der Waals surface area contributed by atoms with E-state index < -0.39 is 5.91 Å². The third kappa shape index (κ3) is 2.81. The minimum Gasteiger partial charge on any atom is -0.502 e. The Kier molecular flexibility index (Phi) is 4.01. The monoisotopic (exact) mass is 351 g/mol. The summed E-state index contributed by atoms with van der Waals surface area (Å²) in [5.41, 5.74) is 3.09. The summed E-state index contributed by atoms with van der Waals surface area (Å²) >= 11 is 1.51. The maximum Gasteiger partial charge on any atom is 0.287 e. The van der Waals surface area contributed by atoms with Gasteiger partial charge in [0, 0.05) is 0 Å². The molecule has 0 fully saturated rings. The Morgan fingerprint density at radius 1 is 1.12 bits per heavy atom. The number of aliphatic hydroxyl groups excluding tert-OH is 1. The van der Waals surface area contributed by atoms with Crippen molar-refractivity contribution in [1.82, 2.24) is 5.32 Å². The number of hydrogen-bond donors (Lipinski definition) is 2. The van der Waals surface area contributed by atoms with Crippen LogP contribution in [0.1, 0.15) is 21.9 Å². The van der Waals surface area contributed by atoms with Crippen LogP contribution in [0.4, 0.5) is 0 Å². The molecule has 0 radical (unpaired) electrons. The van der Waals surface area contributed by atoms with Crippen LogP contribution in [0.2, 0.25) is 0 Å². The van der Waals surface area contributed by atoms with E-state index in [-0.39, 0.29) is 17.1 Å². The number of amides is 1. The number of nitrogens with one attached hydrogen (secondary N) is 1. The molecule has 5 heteroatoms. The third-order valence-corrected chi connectivity index (χ3v) is 5.90. The van der Waals surface area contributed by atoms with Crippen molar-refractivity contribution in [2.75, 3.05) is 7.11 Å². The summed E-state index contributed by atoms with van der Waals surface area (Å²) < 4.78 is 5.19. The zero-order chi connectivity index (χ0) is 17.4. The quantitative estimate of drug-likeness (QED) is 0.861. The zero-order valence-electron chi connectivity index (χ0n) is 13.6. The van der Waals surface area contributed by atoms with Crippen LogP contribution in [0, 0.1) is 0 Å². The van der Waals surface area contributed by atoms with Gasteiger partial charge in [-0.3, -0.25) is 4.79 Å². The van der Waals surface area contributed by atoms with E-state index >= 15 is 0 Å². The van der Waals surface area contributed by atoms with Crippen molar-refractivity contribution in [3.63, 3.8) is 0 Å². The second-order valence-electron chi connectivity index (χ2n) is 5.93. The van der Waals surface area contributed by atoms with Gasteiger partial charge in [0.15, 0.2) is 5.76 Å². The highest BCUT2D eigenvalue weighted by atomic mass is 32.2. The summed E-state index contributed by atoms with van der Waals surface area (Å²) in [6.07, 6.45) is 4.01. The Morgan fingerprint density at radius 2 is 1.88 bits per heavy atom. The number of rotatable bonds is 2. The van der Waals surface area contributed by atoms with Crippen LogP contribution in [0.15, 0.2) is 60.4 Å². The molecular formula is C20H17NO3S. The Morgan fingerprint density at radius 3 is 2.64 bits per heavy atom. The Bertz CT molecular complexity index is 886. The van der Waals surface area contributed by atoms with Crippen LogP contribution in [0.25, 0.3) is 11.0 Å². The number of carbonyl (C=O) groups excluding carboxylic acids is 1. The number of benzene rings is 2. The molecule has 0 saturated carbocycles. The van der Waals surface area contributed by atoms with Crippen LogP contribution in [-0.2, 0) is 4.79 Å². The van der Waals surface area contributed by atoms with E-state index in [1.165, 1.54) is 11.8 Å². The highest BCUT2D eigenvalue weighted by Crippen LogP contribution is 2.47. The van der Waals surface area contributed by atoms with Crippen molar-refractivity contribution in [3.05, 3.63) is 77.1 Å². The molecule has 2 aromatic rings. The molecule has 0 saturated heterocycles. The fourth-order valence-corrected chi connectivity index (χ4v) is 4.51. The number of hydrogen-bond acceptors (Lipinski definition) is 4. The molecule has 25 heavy (non-hydrogen) atoms. The molecule has 126 valence electrons. The molecule has 2 aliphatic rings. The third-order valence-electron chi connectivity index (χ3n) is 4.44. The van der Waals surface area contributed by atoms with Crippen molar-refractivity contribution < 1.29 is 14.6 Å². The second-order valence-corrected chi connectivity index (χ2v) is 7.08. The van der Waals surface area contributed by atoms with E-state index in [1.54, 1.807) is 7.11 Å². The summed E-state index contributed by atoms with van der Waals surface area (Å²) in [7, 11) is 1.61. The van der Waals surface area contributed by atoms with E-state index in [2.05, 4.69) is 17.4 Å². The lowest BCUT2D eigenvalue weighted by molar-refractivity contribution is -0.120. The maximum absolute atomic E-state index is 12.4. The van der Waals surface area contributed by atoms with Gasteiger partial charge in [-0.05, 0) is 28.8 Å². The van der Waals surface area contributed by atoms with Gasteiger partial charge < -0.3 is 15.2 Å². The van der Waals surface area contributed by atoms with E-state index in [0.29, 0.717) is 4.91 Å². The van der Waals surface area contributed by atoms with Crippen LogP contribution >= 0.6 is 11.8 Å². The molecule has 2 atom stereocenters. The summed E-state index contributed by atoms with van der Waals surface area (Å²) in [4.78, 5) is 13.0. The molecule has 4 rings (SSSR count). The Balaban J connectivity index is 1.78. The lowest BCUT2D eigenvalue weighted by atomic mass is 9.93. The largest absolute Gasteiger partial charge is 0.502 e. The van der Waals surface area contributed by atoms with E-state index in [9.17, 15) is 9.90 Å². The zero-order valence-corrected chi connectivity index (χ0v) is 14.4. The van der Waals surface area contributed by atoms with Gasteiger partial charge in [0.25, 0.3) is 5.91 Å². The van der Waals surface area contributed by atoms with Gasteiger partial charge in [0.2, 0.25) is 0 Å². The minimum absolute atomic E-state index is 0.00639. The van der Waals surface area contributed by atoms with Gasteiger partial charge in [-0.25, -0.2) is 0 Å². The van der Waals surface area contributed by atoms with Gasteiger partial charge in [-0.15, -0.1) is 11.8 Å². The van der Waals surface area contributed by atoms with E-state index in [4.69, 9.17) is 4.74 Å². The fraction of sp³-hybridized carbons (Fsp3) is 0.150. The highest BCUT2D eigenvalue weighted by Gasteiger charge is 2.34. The molecule has 0 aromatic heterocycles. The molecule has 2 aromatic carbocycles. The summed E-state index contributed by atoms with van der Waals surface area (Å²) in [5.74, 6) is 0.0426. The normalized spacial score (nSPS) is 21.9. The van der Waals surface area contributed by atoms with Gasteiger partial charge >= 0.3 is 0 Å². The van der Waals surface area contributed by atoms with Gasteiger partial charge in [0.05, 0.1) is 23.3 Å². The smallest absolute Gasteiger partial charge is 0.287 e. The van der Waals surface area contributed by atoms with Crippen LogP contribution in [-0.4, -0.2) is 24.2 Å². The minimum atomic E-state index is -0.449. The van der Waals surface area contributed by atoms with Crippen molar-refractivity contribution in [2.45, 2.75) is 11.3 Å². The molecule has 1 amide bonds. The lowest BCUT2D eigenvalue weighted by Crippen LogP contribution is -2.37. The number of methoxy groups -OCH3 is 1. The summed E-state index contributed by atoms with van der Waals surface area (Å²) in [6.45, 7) is 0. The Labute approximate surface area is 150 Å². The standard InChI is InChI=1S/C20H17NO3S/c1-24-14-9-6-13(7-10-14)18-17(22)20(23)21-16-11-8-12-4-2-3-5-15(12)19(16)25-18/h2-11,16,19,22H,1H3,(H,21,23). The molecular weight excluding hydrogens is 334 g/mol. The van der Waals surface area contributed by atoms with Crippen LogP contribution < -0.4 is 10.1 Å². The topological polar surface area (TPSA) is 58.6 Å². The number of fused-ring (bicyclic) bond motifs is 3. The molecule has 1 aliphatic heterocycles. The molecule has 0 spiro atoms. The molecule has 1 aliphatic carbocycles. The first-order chi connectivity index (χ1) is 12.2. The van der Waals surface area contributed by atoms with Crippen molar-refractivity contribution in [3.8, 4) is 5.75 Å². The van der Waals surface area contributed by atoms with E-state index in [0.717, 1.165) is 22.4 Å². The maximum atomic E-state index is 12.4. The Hall–Kier alpha value is -2.66. The SMILES string of the molecule is COc1ccc(C2=C(O)C(=O)NC3C=Cc4ccccc4C3S2)cc1. The van der Waals surface area contributed by atoms with Gasteiger partial charge in [0.1, 0.15) is 5.75 Å². The number of thioether (sulfide) groups is 1. The highest BCUT2D eigenvalue weighted by molar-refractivity contribution is 8.08. The first-order valence-electron chi connectivity index (χ1n) is 7.99. The molecule has 0 bridgehead atoms.